The molecule has 6 nitrogen and oxygen atoms in total. The monoisotopic (exact) mass is 149 g/mol. The summed E-state index contributed by atoms with van der Waals surface area (Å²) in [5, 5.41) is 14.2. The molecule has 1 aromatic heterocycles. The second-order valence-corrected chi connectivity index (χ2v) is 2.00. The fourth-order valence-electron chi connectivity index (χ4n) is 0.791. The second kappa shape index (κ2) is 1.82. The minimum Gasteiger partial charge on any atom is -0.288 e. The van der Waals surface area contributed by atoms with Crippen molar-refractivity contribution in [2.75, 3.05) is 0 Å². The van der Waals surface area contributed by atoms with Crippen LogP contribution in [-0.4, -0.2) is 15.8 Å². The summed E-state index contributed by atoms with van der Waals surface area (Å²) < 4.78 is 0. The van der Waals surface area contributed by atoms with Gasteiger partial charge in [0.25, 0.3) is 0 Å². The minimum atomic E-state index is -0.475. The van der Waals surface area contributed by atoms with Crippen LogP contribution in [-0.2, 0) is 0 Å². The molecule has 2 heterocycles. The number of azo groups is 1. The largest absolute Gasteiger partial charge is 0.346 e. The Morgan fingerprint density at radius 1 is 1.45 bits per heavy atom. The summed E-state index contributed by atoms with van der Waals surface area (Å²) in [6.45, 7) is 0. The molecule has 2 rings (SSSR count). The molecule has 54 valence electrons. The predicted octanol–water partition coefficient (Wildman–Crippen LogP) is 0.193. The maximum Gasteiger partial charge on any atom is 0.346 e. The van der Waals surface area contributed by atoms with Crippen molar-refractivity contribution in [2.45, 2.75) is 0 Å². The topological polar surface area (TPSA) is 94.3 Å². The number of H-pyrrole nitrogens is 1. The van der Waals surface area contributed by atoms with Crippen molar-refractivity contribution in [3.8, 4) is 0 Å². The van der Waals surface area contributed by atoms with Crippen molar-refractivity contribution in [3.05, 3.63) is 22.2 Å². The fourth-order valence-corrected chi connectivity index (χ4v) is 0.791. The molecule has 0 saturated carbocycles. The van der Waals surface area contributed by atoms with Crippen molar-refractivity contribution in [2.24, 2.45) is 10.2 Å². The van der Waals surface area contributed by atoms with E-state index in [1.54, 1.807) is 0 Å². The number of hydrogen-bond donors (Lipinski definition) is 2. The summed E-state index contributed by atoms with van der Waals surface area (Å²) in [4.78, 5) is 16.4. The lowest BCUT2D eigenvalue weighted by atomic mass is 10.3. The van der Waals surface area contributed by atoms with E-state index in [9.17, 15) is 4.79 Å². The number of nitrogens with zero attached hydrogens (tertiary/aromatic N) is 3. The predicted molar refractivity (Wildman–Crippen MR) is 36.2 cm³/mol. The van der Waals surface area contributed by atoms with Gasteiger partial charge < -0.3 is 0 Å². The van der Waals surface area contributed by atoms with Crippen molar-refractivity contribution in [1.29, 1.82) is 5.41 Å². The highest BCUT2D eigenvalue weighted by molar-refractivity contribution is 6.02. The van der Waals surface area contributed by atoms with Gasteiger partial charge in [-0.1, -0.05) is 0 Å². The molecular formula is C5H3N5O. The molecule has 0 saturated heterocycles. The molecule has 11 heavy (non-hydrogen) atoms. The Labute approximate surface area is 60.5 Å². The molecule has 0 amide bonds. The third kappa shape index (κ3) is 0.759. The van der Waals surface area contributed by atoms with Gasteiger partial charge in [0.05, 0.1) is 5.56 Å². The first-order chi connectivity index (χ1) is 5.27. The zero-order valence-electron chi connectivity index (χ0n) is 5.33. The highest BCUT2D eigenvalue weighted by atomic mass is 16.1. The van der Waals surface area contributed by atoms with Crippen LogP contribution in [0.5, 0.6) is 0 Å². The van der Waals surface area contributed by atoms with Gasteiger partial charge in [-0.25, -0.2) is 9.78 Å². The van der Waals surface area contributed by atoms with Crippen LogP contribution >= 0.6 is 0 Å². The van der Waals surface area contributed by atoms with E-state index in [0.29, 0.717) is 11.4 Å². The lowest BCUT2D eigenvalue weighted by molar-refractivity contribution is 1.06. The van der Waals surface area contributed by atoms with E-state index >= 15 is 0 Å². The maximum absolute atomic E-state index is 10.6. The molecule has 0 spiro atoms. The molecule has 1 aromatic rings. The number of hydrogen-bond acceptors (Lipinski definition) is 4. The Kier molecular flexibility index (Phi) is 0.974. The molecule has 0 aromatic carbocycles. The molecular weight excluding hydrogens is 146 g/mol. The fraction of sp³-hybridized carbons (Fsp3) is 0. The number of fused-ring (bicyclic) bond motifs is 1. The van der Waals surface area contributed by atoms with Gasteiger partial charge in [0, 0.05) is 6.20 Å². The van der Waals surface area contributed by atoms with Gasteiger partial charge in [-0.3, -0.25) is 10.4 Å². The van der Waals surface area contributed by atoms with Crippen LogP contribution in [0.4, 0.5) is 5.82 Å². The van der Waals surface area contributed by atoms with Crippen LogP contribution in [0.1, 0.15) is 5.56 Å². The lowest BCUT2D eigenvalue weighted by Gasteiger charge is -1.89. The van der Waals surface area contributed by atoms with E-state index in [2.05, 4.69) is 20.2 Å². The maximum atomic E-state index is 10.6. The van der Waals surface area contributed by atoms with Gasteiger partial charge in [0.15, 0.2) is 11.7 Å². The summed E-state index contributed by atoms with van der Waals surface area (Å²) in [7, 11) is 0. The Morgan fingerprint density at radius 2 is 2.27 bits per heavy atom. The van der Waals surface area contributed by atoms with Crippen LogP contribution in [0, 0.1) is 5.41 Å². The van der Waals surface area contributed by atoms with Crippen molar-refractivity contribution >= 4 is 11.7 Å². The van der Waals surface area contributed by atoms with Crippen LogP contribution < -0.4 is 5.69 Å². The zero-order chi connectivity index (χ0) is 7.84. The summed E-state index contributed by atoms with van der Waals surface area (Å²) in [5.74, 6) is 0.346. The van der Waals surface area contributed by atoms with E-state index in [1.807, 2.05) is 0 Å². The number of nitrogens with one attached hydrogen (secondary N) is 2. The smallest absolute Gasteiger partial charge is 0.288 e. The van der Waals surface area contributed by atoms with Gasteiger partial charge in [0.2, 0.25) is 0 Å². The van der Waals surface area contributed by atoms with Crippen molar-refractivity contribution in [1.82, 2.24) is 9.97 Å². The van der Waals surface area contributed by atoms with Crippen molar-refractivity contribution in [3.63, 3.8) is 0 Å². The average molecular weight is 149 g/mol. The van der Waals surface area contributed by atoms with E-state index in [1.165, 1.54) is 6.20 Å². The Hall–Kier alpha value is -1.85. The van der Waals surface area contributed by atoms with Crippen molar-refractivity contribution < 1.29 is 0 Å². The summed E-state index contributed by atoms with van der Waals surface area (Å²) in [6.07, 6.45) is 1.29. The molecule has 0 fully saturated rings. The molecule has 0 unspecified atom stereocenters. The van der Waals surface area contributed by atoms with Crippen LogP contribution in [0.15, 0.2) is 21.2 Å². The molecule has 0 bridgehead atoms. The highest BCUT2D eigenvalue weighted by Gasteiger charge is 2.14. The second-order valence-electron chi connectivity index (χ2n) is 2.00. The summed E-state index contributed by atoms with van der Waals surface area (Å²) >= 11 is 0. The molecule has 0 atom stereocenters. The zero-order valence-corrected chi connectivity index (χ0v) is 5.33. The number of aromatic amines is 1. The van der Waals surface area contributed by atoms with E-state index in [4.69, 9.17) is 5.41 Å². The van der Waals surface area contributed by atoms with Gasteiger partial charge in [-0.15, -0.1) is 10.2 Å². The number of amidine groups is 1. The summed E-state index contributed by atoms with van der Waals surface area (Å²) in [6, 6.07) is 0. The molecule has 1 aliphatic heterocycles. The molecule has 6 heteroatoms. The molecule has 0 radical (unpaired) electrons. The normalized spacial score (nSPS) is 13.6. The van der Waals surface area contributed by atoms with E-state index in [0.717, 1.165) is 0 Å². The SMILES string of the molecule is N=C1N=Nc2[nH]c(=O)ncc21. The molecule has 2 N–H and O–H groups in total. The first-order valence-corrected chi connectivity index (χ1v) is 2.87. The van der Waals surface area contributed by atoms with E-state index < -0.39 is 5.69 Å². The molecule has 1 aliphatic rings. The van der Waals surface area contributed by atoms with Gasteiger partial charge in [-0.05, 0) is 0 Å². The Morgan fingerprint density at radius 3 is 3.09 bits per heavy atom. The van der Waals surface area contributed by atoms with Gasteiger partial charge in [0.1, 0.15) is 0 Å². The summed E-state index contributed by atoms with van der Waals surface area (Å²) in [5.41, 5.74) is -0.0120. The van der Waals surface area contributed by atoms with Crippen LogP contribution in [0.2, 0.25) is 0 Å². The van der Waals surface area contributed by atoms with Gasteiger partial charge in [-0.2, -0.15) is 0 Å². The average Bonchev–Trinajstić information content (AvgIpc) is 2.32. The number of rotatable bonds is 0. The van der Waals surface area contributed by atoms with Gasteiger partial charge >= 0.3 is 5.69 Å². The third-order valence-electron chi connectivity index (χ3n) is 1.30. The lowest BCUT2D eigenvalue weighted by Crippen LogP contribution is -2.09. The number of aromatic nitrogens is 2. The Bertz CT molecular complexity index is 404. The minimum absolute atomic E-state index is 0.0313. The first-order valence-electron chi connectivity index (χ1n) is 2.87. The third-order valence-corrected chi connectivity index (χ3v) is 1.30. The van der Waals surface area contributed by atoms with E-state index in [-0.39, 0.29) is 5.84 Å². The quantitative estimate of drug-likeness (QED) is 0.550. The standard InChI is InChI=1S/C5H3N5O/c6-3-2-1-7-5(11)8-4(2)10-9-3/h1,6H,(H,7,8,11). The highest BCUT2D eigenvalue weighted by Crippen LogP contribution is 2.20. The molecule has 0 aliphatic carbocycles. The Balaban J connectivity index is 2.76. The first kappa shape index (κ1) is 5.90. The van der Waals surface area contributed by atoms with Crippen LogP contribution in [0.3, 0.4) is 0 Å². The van der Waals surface area contributed by atoms with Crippen LogP contribution in [0.25, 0.3) is 0 Å².